The van der Waals surface area contributed by atoms with Gasteiger partial charge in [0.25, 0.3) is 0 Å². The van der Waals surface area contributed by atoms with Crippen LogP contribution in [-0.2, 0) is 130 Å². The van der Waals surface area contributed by atoms with Gasteiger partial charge in [-0.15, -0.1) is 0 Å². The average Bonchev–Trinajstić information content (AvgIpc) is 2.14. The maximum Gasteiger partial charge on any atom is 2.00 e. The molecule has 21 heteroatoms. The molecule has 0 atom stereocenters. The fraction of sp³-hybridized carbons (Fsp3) is 0.200. The Labute approximate surface area is 289 Å². The van der Waals surface area contributed by atoms with Gasteiger partial charge in [0.2, 0.25) is 0 Å². The summed E-state index contributed by atoms with van der Waals surface area (Å²) in [6, 6.07) is 0. The standard InChI is InChI=1S/2CH4O.8CH3.3H3O2P.4H2O.6Ti/c2*1-2;;;;;;;;;3*1-3-2;;;;;;;;;;/h2*2H,1H3;8*1H3;3*1-3H;4*1H2;;;;;;/q;;8*-1;;;;;;;;;;;;2*+2. The second-order valence-corrected chi connectivity index (χ2v) is 0.900. The summed E-state index contributed by atoms with van der Waals surface area (Å²) < 4.78 is 0. The van der Waals surface area contributed by atoms with Crippen molar-refractivity contribution in [2.45, 2.75) is 0 Å². The summed E-state index contributed by atoms with van der Waals surface area (Å²) in [7, 11) is -0.750. The van der Waals surface area contributed by atoms with Crippen LogP contribution in [0.2, 0.25) is 0 Å². The summed E-state index contributed by atoms with van der Waals surface area (Å²) in [6.45, 7) is 0. The number of aliphatic hydroxyl groups is 2. The van der Waals surface area contributed by atoms with Gasteiger partial charge in [-0.05, 0) is 0 Å². The Bertz CT molecular complexity index is 61.8. The van der Waals surface area contributed by atoms with E-state index in [2.05, 4.69) is 0 Å². The summed E-state index contributed by atoms with van der Waals surface area (Å²) in [4.78, 5) is 42.9. The van der Waals surface area contributed by atoms with Crippen LogP contribution in [0.5, 0.6) is 0 Å². The van der Waals surface area contributed by atoms with Gasteiger partial charge >= 0.3 is 43.4 Å². The Kier molecular flexibility index (Phi) is 5210. The van der Waals surface area contributed by atoms with E-state index in [1.54, 1.807) is 0 Å². The molecule has 0 saturated carbocycles. The summed E-state index contributed by atoms with van der Waals surface area (Å²) in [5, 5.41) is 14.0. The normalized spacial score (nSPS) is 2.13. The van der Waals surface area contributed by atoms with Gasteiger partial charge < -0.3 is 121 Å². The van der Waals surface area contributed by atoms with E-state index in [9.17, 15) is 0 Å². The molecule has 0 saturated heterocycles. The third-order valence-electron chi connectivity index (χ3n) is 0. The Hall–Kier alpha value is 5.10. The zero-order chi connectivity index (χ0) is 12.1. The first-order valence-corrected chi connectivity index (χ1v) is 4.92. The van der Waals surface area contributed by atoms with Crippen LogP contribution in [0.4, 0.5) is 0 Å². The largest absolute Gasteiger partial charge is 2.00 e. The first-order valence-electron chi connectivity index (χ1n) is 2.24. The average molecular weight is 742 g/mol. The fourth-order valence-electron chi connectivity index (χ4n) is 0. The molecule has 0 aliphatic heterocycles. The van der Waals surface area contributed by atoms with E-state index in [-0.39, 0.29) is 212 Å². The number of rotatable bonds is 0. The Morgan fingerprint density at radius 2 is 0.323 bits per heavy atom. The molecular formula is C10H49O12P3Ti6-4. The van der Waals surface area contributed by atoms with E-state index in [1.165, 1.54) is 0 Å². The third kappa shape index (κ3) is 1480. The molecule has 0 aromatic rings. The Morgan fingerprint density at radius 1 is 0.323 bits per heavy atom. The summed E-state index contributed by atoms with van der Waals surface area (Å²) in [5.74, 6) is 0. The van der Waals surface area contributed by atoms with E-state index in [0.717, 1.165) is 14.2 Å². The predicted molar refractivity (Wildman–Crippen MR) is 120 cm³/mol. The van der Waals surface area contributed by atoms with Crippen LogP contribution < -0.4 is 0 Å². The SMILES string of the molecule is CO.CO.O.O.O.O.OPO.OPO.OPO.[CH3-].[CH3-].[CH3-].[CH3-].[CH3-].[CH3-].[CH3-].[CH3-].[Ti+2].[Ti+2].[Ti].[Ti].[Ti].[Ti]. The van der Waals surface area contributed by atoms with Crippen LogP contribution in [0.1, 0.15) is 0 Å². The zero-order valence-electron chi connectivity index (χ0n) is 20.1. The van der Waals surface area contributed by atoms with E-state index in [4.69, 9.17) is 39.6 Å². The molecule has 0 aliphatic carbocycles. The molecule has 204 valence electrons. The molecule has 0 fully saturated rings. The molecule has 0 aliphatic rings. The van der Waals surface area contributed by atoms with Gasteiger partial charge in [-0.3, -0.25) is 0 Å². The maximum atomic E-state index is 7.15. The van der Waals surface area contributed by atoms with Crippen molar-refractivity contribution in [3.05, 3.63) is 59.4 Å². The molecule has 0 radical (unpaired) electrons. The molecule has 12 nitrogen and oxygen atoms in total. The third-order valence-corrected chi connectivity index (χ3v) is 0. The maximum absolute atomic E-state index is 7.15. The zero-order valence-corrected chi connectivity index (χ0v) is 32.4. The minimum absolute atomic E-state index is 0. The second-order valence-electron chi connectivity index (χ2n) is 0.300. The van der Waals surface area contributed by atoms with Crippen molar-refractivity contribution in [3.63, 3.8) is 0 Å². The minimum atomic E-state index is -0.917. The van der Waals surface area contributed by atoms with Crippen LogP contribution in [0.3, 0.4) is 0 Å². The van der Waals surface area contributed by atoms with E-state index in [0.29, 0.717) is 0 Å². The van der Waals surface area contributed by atoms with Gasteiger partial charge in [0.15, 0.2) is 0 Å². The van der Waals surface area contributed by atoms with Crippen LogP contribution in [-0.4, -0.2) is 75.7 Å². The van der Waals surface area contributed by atoms with Gasteiger partial charge in [-0.1, -0.05) is 0 Å². The van der Waals surface area contributed by atoms with E-state index >= 15 is 0 Å². The second kappa shape index (κ2) is 623. The van der Waals surface area contributed by atoms with Gasteiger partial charge in [0, 0.05) is 101 Å². The monoisotopic (exact) mass is 742 g/mol. The van der Waals surface area contributed by atoms with Crippen molar-refractivity contribution in [3.8, 4) is 0 Å². The van der Waals surface area contributed by atoms with Crippen molar-refractivity contribution >= 4 is 27.1 Å². The summed E-state index contributed by atoms with van der Waals surface area (Å²) >= 11 is 0. The van der Waals surface area contributed by atoms with Crippen molar-refractivity contribution in [1.29, 1.82) is 0 Å². The topological polar surface area (TPSA) is 288 Å². The molecule has 0 aromatic carbocycles. The first kappa shape index (κ1) is 259. The molecule has 0 amide bonds. The molecule has 0 unspecified atom stereocenters. The van der Waals surface area contributed by atoms with E-state index < -0.39 is 27.1 Å². The Balaban J connectivity index is -0.00000000108. The molecule has 0 spiro atoms. The number of hydrogen-bond donors (Lipinski definition) is 8. The molecule has 16 N–H and O–H groups in total. The molecule has 0 bridgehead atoms. The van der Waals surface area contributed by atoms with Gasteiger partial charge in [-0.2, -0.15) is 0 Å². The quantitative estimate of drug-likeness (QED) is 0.0775. The van der Waals surface area contributed by atoms with Crippen molar-refractivity contribution in [1.82, 2.24) is 0 Å². The Morgan fingerprint density at radius 3 is 0.323 bits per heavy atom. The number of aliphatic hydroxyl groups excluding tert-OH is 2. The van der Waals surface area contributed by atoms with Crippen molar-refractivity contribution < 1.29 is 192 Å². The summed E-state index contributed by atoms with van der Waals surface area (Å²) in [6.07, 6.45) is 0. The van der Waals surface area contributed by atoms with Crippen molar-refractivity contribution in [2.75, 3.05) is 14.2 Å². The van der Waals surface area contributed by atoms with E-state index in [1.807, 2.05) is 0 Å². The predicted octanol–water partition coefficient (Wildman–Crippen LogP) is -2.06. The van der Waals surface area contributed by atoms with Gasteiger partial charge in [-0.25, -0.2) is 0 Å². The van der Waals surface area contributed by atoms with Crippen LogP contribution in [0.15, 0.2) is 0 Å². The smallest absolute Gasteiger partial charge is 0.412 e. The van der Waals surface area contributed by atoms with Crippen LogP contribution >= 0.6 is 27.1 Å². The van der Waals surface area contributed by atoms with Gasteiger partial charge in [0.1, 0.15) is 27.1 Å². The van der Waals surface area contributed by atoms with Gasteiger partial charge in [0.05, 0.1) is 0 Å². The fourth-order valence-corrected chi connectivity index (χ4v) is 0. The molecule has 31 heavy (non-hydrogen) atoms. The number of hydrogen-bond acceptors (Lipinski definition) is 8. The minimum Gasteiger partial charge on any atom is -0.412 e. The first-order chi connectivity index (χ1) is 6.24. The molecule has 0 heterocycles. The molecule has 0 rings (SSSR count). The molecular weight excluding hydrogens is 692 g/mol. The van der Waals surface area contributed by atoms with Crippen LogP contribution in [0, 0.1) is 59.4 Å². The van der Waals surface area contributed by atoms with Crippen LogP contribution in [0.25, 0.3) is 0 Å². The molecule has 0 aromatic heterocycles. The summed E-state index contributed by atoms with van der Waals surface area (Å²) in [5.41, 5.74) is 0. The van der Waals surface area contributed by atoms with Crippen molar-refractivity contribution in [2.24, 2.45) is 0 Å².